The molecule has 0 bridgehead atoms. The van der Waals surface area contributed by atoms with Crippen molar-refractivity contribution in [2.45, 2.75) is 25.2 Å². The average molecular weight is 398 g/mol. The molecule has 1 N–H and O–H groups in total. The van der Waals surface area contributed by atoms with Gasteiger partial charge in [0.25, 0.3) is 11.6 Å². The van der Waals surface area contributed by atoms with Crippen LogP contribution in [0.25, 0.3) is 0 Å². The van der Waals surface area contributed by atoms with Crippen molar-refractivity contribution in [2.75, 3.05) is 31.2 Å². The standard InChI is InChI=1S/C20H22N4O5/c25-19(22-14-16-3-1-2-8-21-16)15-4-5-17(18(13-15)24(26)27)23-9-6-20(7-10-23)28-11-12-29-20/h1-5,8,13H,6-7,9-12,14H2,(H,22,25). The maximum absolute atomic E-state index is 12.4. The molecule has 0 radical (unpaired) electrons. The first-order valence-corrected chi connectivity index (χ1v) is 9.56. The lowest BCUT2D eigenvalue weighted by atomic mass is 10.0. The second kappa shape index (κ2) is 8.14. The van der Waals surface area contributed by atoms with Crippen LogP contribution in [0.1, 0.15) is 28.9 Å². The van der Waals surface area contributed by atoms with E-state index in [1.165, 1.54) is 6.07 Å². The van der Waals surface area contributed by atoms with Gasteiger partial charge >= 0.3 is 0 Å². The van der Waals surface area contributed by atoms with E-state index in [2.05, 4.69) is 10.3 Å². The summed E-state index contributed by atoms with van der Waals surface area (Å²) in [6, 6.07) is 10.0. The van der Waals surface area contributed by atoms with Crippen LogP contribution in [0, 0.1) is 10.1 Å². The molecule has 0 unspecified atom stereocenters. The van der Waals surface area contributed by atoms with Crippen LogP contribution in [0.5, 0.6) is 0 Å². The summed E-state index contributed by atoms with van der Waals surface area (Å²) in [5.74, 6) is -0.924. The minimum atomic E-state index is -0.545. The number of piperidine rings is 1. The highest BCUT2D eigenvalue weighted by molar-refractivity contribution is 5.95. The van der Waals surface area contributed by atoms with Gasteiger partial charge in [0, 0.05) is 43.8 Å². The van der Waals surface area contributed by atoms with Crippen LogP contribution in [0.3, 0.4) is 0 Å². The summed E-state index contributed by atoms with van der Waals surface area (Å²) in [6.07, 6.45) is 2.94. The van der Waals surface area contributed by atoms with Crippen LogP contribution in [0.15, 0.2) is 42.6 Å². The Morgan fingerprint density at radius 2 is 1.97 bits per heavy atom. The fraction of sp³-hybridized carbons (Fsp3) is 0.400. The van der Waals surface area contributed by atoms with Gasteiger partial charge in [-0.05, 0) is 24.3 Å². The van der Waals surface area contributed by atoms with Crippen molar-refractivity contribution in [3.05, 3.63) is 64.0 Å². The maximum atomic E-state index is 12.4. The second-order valence-corrected chi connectivity index (χ2v) is 7.06. The van der Waals surface area contributed by atoms with Gasteiger partial charge in [0.1, 0.15) is 5.69 Å². The Bertz CT molecular complexity index is 889. The Hall–Kier alpha value is -3.04. The highest BCUT2D eigenvalue weighted by Crippen LogP contribution is 2.36. The highest BCUT2D eigenvalue weighted by Gasteiger charge is 2.40. The second-order valence-electron chi connectivity index (χ2n) is 7.06. The zero-order valence-corrected chi connectivity index (χ0v) is 15.9. The molecule has 1 spiro atoms. The van der Waals surface area contributed by atoms with Crippen LogP contribution < -0.4 is 10.2 Å². The number of carbonyl (C=O) groups excluding carboxylic acids is 1. The van der Waals surface area contributed by atoms with Crippen molar-refractivity contribution in [2.24, 2.45) is 0 Å². The van der Waals surface area contributed by atoms with E-state index in [9.17, 15) is 14.9 Å². The predicted molar refractivity (Wildman–Crippen MR) is 105 cm³/mol. The minimum absolute atomic E-state index is 0.0836. The fourth-order valence-corrected chi connectivity index (χ4v) is 3.73. The molecule has 2 fully saturated rings. The van der Waals surface area contributed by atoms with E-state index in [0.29, 0.717) is 50.5 Å². The Balaban J connectivity index is 1.47. The van der Waals surface area contributed by atoms with Gasteiger partial charge in [0.05, 0.1) is 30.4 Å². The van der Waals surface area contributed by atoms with Gasteiger partial charge in [-0.1, -0.05) is 6.07 Å². The Morgan fingerprint density at radius 3 is 2.62 bits per heavy atom. The van der Waals surface area contributed by atoms with E-state index in [1.807, 2.05) is 11.0 Å². The number of nitrogens with zero attached hydrogens (tertiary/aromatic N) is 3. The third-order valence-electron chi connectivity index (χ3n) is 5.27. The van der Waals surface area contributed by atoms with Gasteiger partial charge in [-0.25, -0.2) is 0 Å². The number of nitrogens with one attached hydrogen (secondary N) is 1. The van der Waals surface area contributed by atoms with Crippen molar-refractivity contribution in [3.63, 3.8) is 0 Å². The smallest absolute Gasteiger partial charge is 0.293 e. The first-order valence-electron chi connectivity index (χ1n) is 9.56. The molecule has 1 aromatic heterocycles. The van der Waals surface area contributed by atoms with E-state index in [1.54, 1.807) is 30.5 Å². The van der Waals surface area contributed by atoms with E-state index in [0.717, 1.165) is 0 Å². The summed E-state index contributed by atoms with van der Waals surface area (Å²) in [5, 5.41) is 14.4. The van der Waals surface area contributed by atoms with E-state index in [-0.39, 0.29) is 23.7 Å². The predicted octanol–water partition coefficient (Wildman–Crippen LogP) is 2.26. The Morgan fingerprint density at radius 1 is 1.21 bits per heavy atom. The van der Waals surface area contributed by atoms with Crippen molar-refractivity contribution in [1.29, 1.82) is 0 Å². The number of carbonyl (C=O) groups is 1. The molecular weight excluding hydrogens is 376 g/mol. The minimum Gasteiger partial charge on any atom is -0.366 e. The van der Waals surface area contributed by atoms with E-state index in [4.69, 9.17) is 9.47 Å². The topological polar surface area (TPSA) is 107 Å². The third-order valence-corrected chi connectivity index (χ3v) is 5.27. The summed E-state index contributed by atoms with van der Waals surface area (Å²) in [5.41, 5.74) is 1.38. The number of aromatic nitrogens is 1. The highest BCUT2D eigenvalue weighted by atomic mass is 16.7. The molecule has 152 valence electrons. The van der Waals surface area contributed by atoms with Crippen molar-refractivity contribution in [3.8, 4) is 0 Å². The van der Waals surface area contributed by atoms with Crippen molar-refractivity contribution >= 4 is 17.3 Å². The zero-order valence-electron chi connectivity index (χ0n) is 15.9. The number of benzene rings is 1. The lowest BCUT2D eigenvalue weighted by Gasteiger charge is -2.38. The number of rotatable bonds is 5. The van der Waals surface area contributed by atoms with Gasteiger partial charge < -0.3 is 19.7 Å². The Labute approximate surface area is 167 Å². The van der Waals surface area contributed by atoms with Crippen LogP contribution in [-0.2, 0) is 16.0 Å². The van der Waals surface area contributed by atoms with Crippen LogP contribution in [0.4, 0.5) is 11.4 Å². The molecule has 0 saturated carbocycles. The molecule has 1 aromatic carbocycles. The average Bonchev–Trinajstić information content (AvgIpc) is 3.21. The largest absolute Gasteiger partial charge is 0.366 e. The molecule has 1 amide bonds. The van der Waals surface area contributed by atoms with Gasteiger partial charge in [0.2, 0.25) is 0 Å². The number of pyridine rings is 1. The van der Waals surface area contributed by atoms with Gasteiger partial charge in [-0.15, -0.1) is 0 Å². The summed E-state index contributed by atoms with van der Waals surface area (Å²) < 4.78 is 11.4. The van der Waals surface area contributed by atoms with Crippen LogP contribution >= 0.6 is 0 Å². The molecule has 29 heavy (non-hydrogen) atoms. The van der Waals surface area contributed by atoms with E-state index < -0.39 is 10.7 Å². The first kappa shape index (κ1) is 19.3. The zero-order chi connectivity index (χ0) is 20.3. The molecule has 2 saturated heterocycles. The molecule has 2 aliphatic rings. The number of hydrogen-bond donors (Lipinski definition) is 1. The normalized spacial score (nSPS) is 18.0. The molecule has 2 aliphatic heterocycles. The molecule has 9 heteroatoms. The number of nitro benzene ring substituents is 1. The molecular formula is C20H22N4O5. The maximum Gasteiger partial charge on any atom is 0.293 e. The number of nitro groups is 1. The number of ether oxygens (including phenoxy) is 2. The van der Waals surface area contributed by atoms with Gasteiger partial charge in [-0.3, -0.25) is 19.9 Å². The lowest BCUT2D eigenvalue weighted by Crippen LogP contribution is -2.45. The van der Waals surface area contributed by atoms with Crippen LogP contribution in [-0.4, -0.2) is 47.9 Å². The summed E-state index contributed by atoms with van der Waals surface area (Å²) in [7, 11) is 0. The Kier molecular flexibility index (Phi) is 5.41. The summed E-state index contributed by atoms with van der Waals surface area (Å²) in [4.78, 5) is 29.7. The number of hydrogen-bond acceptors (Lipinski definition) is 7. The number of anilines is 1. The van der Waals surface area contributed by atoms with Crippen LogP contribution in [0.2, 0.25) is 0 Å². The molecule has 3 heterocycles. The molecule has 0 aliphatic carbocycles. The van der Waals surface area contributed by atoms with Crippen molar-refractivity contribution < 1.29 is 19.2 Å². The lowest BCUT2D eigenvalue weighted by molar-refractivity contribution is -0.384. The molecule has 4 rings (SSSR count). The quantitative estimate of drug-likeness (QED) is 0.608. The summed E-state index contributed by atoms with van der Waals surface area (Å²) >= 11 is 0. The fourth-order valence-electron chi connectivity index (χ4n) is 3.73. The first-order chi connectivity index (χ1) is 14.1. The molecule has 2 aromatic rings. The SMILES string of the molecule is O=C(NCc1ccccn1)c1ccc(N2CCC3(CC2)OCCO3)c([N+](=O)[O-])c1. The monoisotopic (exact) mass is 398 g/mol. The van der Waals surface area contributed by atoms with Gasteiger partial charge in [-0.2, -0.15) is 0 Å². The molecule has 0 atom stereocenters. The van der Waals surface area contributed by atoms with Gasteiger partial charge in [0.15, 0.2) is 5.79 Å². The molecule has 9 nitrogen and oxygen atoms in total. The van der Waals surface area contributed by atoms with Crippen molar-refractivity contribution in [1.82, 2.24) is 10.3 Å². The van der Waals surface area contributed by atoms with E-state index >= 15 is 0 Å². The third kappa shape index (κ3) is 4.20. The summed E-state index contributed by atoms with van der Waals surface area (Å²) in [6.45, 7) is 2.60. The number of amides is 1.